The Morgan fingerprint density at radius 1 is 1.13 bits per heavy atom. The highest BCUT2D eigenvalue weighted by Gasteiger charge is 2.48. The Kier molecular flexibility index (Phi) is 4.11. The number of hydrogen-bond acceptors (Lipinski definition) is 5. The maximum absolute atomic E-state index is 12.3. The van der Waals surface area contributed by atoms with Gasteiger partial charge in [0.2, 0.25) is 23.7 Å². The normalized spacial score (nSPS) is 23.8. The number of nitrogens with zero attached hydrogens (tertiary/aromatic N) is 3. The third-order valence-corrected chi connectivity index (χ3v) is 4.47. The van der Waals surface area contributed by atoms with Crippen molar-refractivity contribution in [3.63, 3.8) is 0 Å². The zero-order valence-corrected chi connectivity index (χ0v) is 13.3. The molecule has 2 unspecified atom stereocenters. The molecule has 0 spiro atoms. The molecular weight excluding hydrogens is 296 g/mol. The summed E-state index contributed by atoms with van der Waals surface area (Å²) >= 11 is 0. The highest BCUT2D eigenvalue weighted by Crippen LogP contribution is 2.37. The predicted molar refractivity (Wildman–Crippen MR) is 82.3 cm³/mol. The van der Waals surface area contributed by atoms with E-state index in [0.29, 0.717) is 0 Å². The van der Waals surface area contributed by atoms with Crippen LogP contribution in [0.15, 0.2) is 6.07 Å². The van der Waals surface area contributed by atoms with E-state index in [2.05, 4.69) is 15.3 Å². The molecule has 1 aromatic heterocycles. The second kappa shape index (κ2) is 6.06. The van der Waals surface area contributed by atoms with Crippen LogP contribution in [0.3, 0.4) is 0 Å². The Morgan fingerprint density at radius 3 is 2.17 bits per heavy atom. The molecule has 0 aromatic carbocycles. The summed E-state index contributed by atoms with van der Waals surface area (Å²) in [4.78, 5) is 46.2. The lowest BCUT2D eigenvalue weighted by Gasteiger charge is -2.19. The summed E-state index contributed by atoms with van der Waals surface area (Å²) in [6.45, 7) is 3.35. The lowest BCUT2D eigenvalue weighted by atomic mass is 9.81. The zero-order valence-electron chi connectivity index (χ0n) is 13.3. The van der Waals surface area contributed by atoms with E-state index in [0.717, 1.165) is 42.0 Å². The van der Waals surface area contributed by atoms with Crippen molar-refractivity contribution in [2.45, 2.75) is 39.5 Å². The smallest absolute Gasteiger partial charge is 0.246 e. The number of hydrogen-bond donors (Lipinski definition) is 1. The van der Waals surface area contributed by atoms with Crippen LogP contribution in [0.4, 0.5) is 5.95 Å². The topological polar surface area (TPSA) is 92.3 Å². The molecule has 2 aliphatic rings. The summed E-state index contributed by atoms with van der Waals surface area (Å²) in [7, 11) is 0. The number of nitrogens with one attached hydrogen (secondary N) is 1. The van der Waals surface area contributed by atoms with Gasteiger partial charge in [-0.1, -0.05) is 12.8 Å². The number of aromatic nitrogens is 2. The summed E-state index contributed by atoms with van der Waals surface area (Å²) in [5.41, 5.74) is 1.49. The number of imide groups is 1. The minimum absolute atomic E-state index is 0.198. The van der Waals surface area contributed by atoms with Gasteiger partial charge in [0, 0.05) is 11.4 Å². The van der Waals surface area contributed by atoms with Crippen LogP contribution >= 0.6 is 0 Å². The molecule has 1 saturated heterocycles. The van der Waals surface area contributed by atoms with Gasteiger partial charge in [0.25, 0.3) is 0 Å². The lowest BCUT2D eigenvalue weighted by Crippen LogP contribution is -2.38. The molecule has 7 heteroatoms. The first-order valence-electron chi connectivity index (χ1n) is 7.93. The monoisotopic (exact) mass is 316 g/mol. The average molecular weight is 316 g/mol. The second-order valence-corrected chi connectivity index (χ2v) is 6.28. The second-order valence-electron chi connectivity index (χ2n) is 6.28. The first kappa shape index (κ1) is 15.6. The maximum atomic E-state index is 12.3. The molecule has 1 N–H and O–H groups in total. The van der Waals surface area contributed by atoms with Crippen LogP contribution < -0.4 is 5.32 Å². The Morgan fingerprint density at radius 2 is 1.65 bits per heavy atom. The number of anilines is 1. The number of carbonyl (C=O) groups is 3. The zero-order chi connectivity index (χ0) is 16.6. The summed E-state index contributed by atoms with van der Waals surface area (Å²) in [6, 6.07) is 1.80. The molecule has 2 atom stereocenters. The number of fused-ring (bicyclic) bond motifs is 1. The molecule has 1 aromatic rings. The van der Waals surface area contributed by atoms with Gasteiger partial charge in [-0.2, -0.15) is 0 Å². The molecule has 0 radical (unpaired) electrons. The summed E-state index contributed by atoms with van der Waals surface area (Å²) in [6.07, 6.45) is 3.42. The summed E-state index contributed by atoms with van der Waals surface area (Å²) in [5.74, 6) is -1.14. The summed E-state index contributed by atoms with van der Waals surface area (Å²) in [5, 5.41) is 2.57. The Hall–Kier alpha value is -2.31. The molecule has 1 saturated carbocycles. The van der Waals surface area contributed by atoms with Gasteiger partial charge < -0.3 is 0 Å². The molecule has 2 heterocycles. The van der Waals surface area contributed by atoms with E-state index in [1.807, 2.05) is 13.8 Å². The van der Waals surface area contributed by atoms with Gasteiger partial charge in [0.15, 0.2) is 0 Å². The number of amides is 3. The molecule has 3 rings (SSSR count). The SMILES string of the molecule is Cc1cc(C)nc(NC(=O)CN2C(=O)C3CCCCC3C2=O)n1. The van der Waals surface area contributed by atoms with E-state index in [-0.39, 0.29) is 36.1 Å². The van der Waals surface area contributed by atoms with E-state index in [1.54, 1.807) is 6.07 Å². The van der Waals surface area contributed by atoms with Gasteiger partial charge in [-0.15, -0.1) is 0 Å². The minimum atomic E-state index is -0.449. The van der Waals surface area contributed by atoms with Crippen LogP contribution in [0, 0.1) is 25.7 Å². The standard InChI is InChI=1S/C16H20N4O3/c1-9-7-10(2)18-16(17-9)19-13(21)8-20-14(22)11-5-3-4-6-12(11)15(20)23/h7,11-12H,3-6,8H2,1-2H3,(H,17,18,19,21). The predicted octanol–water partition coefficient (Wildman–Crippen LogP) is 1.21. The van der Waals surface area contributed by atoms with Crippen LogP contribution in [-0.2, 0) is 14.4 Å². The highest BCUT2D eigenvalue weighted by molar-refractivity contribution is 6.08. The molecule has 1 aliphatic carbocycles. The van der Waals surface area contributed by atoms with Crippen LogP contribution in [-0.4, -0.2) is 39.1 Å². The fourth-order valence-electron chi connectivity index (χ4n) is 3.48. The van der Waals surface area contributed by atoms with E-state index in [1.165, 1.54) is 0 Å². The van der Waals surface area contributed by atoms with Gasteiger partial charge in [-0.3, -0.25) is 24.6 Å². The van der Waals surface area contributed by atoms with Crippen molar-refractivity contribution >= 4 is 23.7 Å². The van der Waals surface area contributed by atoms with Crippen molar-refractivity contribution in [1.29, 1.82) is 0 Å². The van der Waals surface area contributed by atoms with Crippen LogP contribution in [0.25, 0.3) is 0 Å². The van der Waals surface area contributed by atoms with E-state index < -0.39 is 5.91 Å². The fraction of sp³-hybridized carbons (Fsp3) is 0.562. The van der Waals surface area contributed by atoms with Crippen molar-refractivity contribution in [1.82, 2.24) is 14.9 Å². The fourth-order valence-corrected chi connectivity index (χ4v) is 3.48. The number of rotatable bonds is 3. The Balaban J connectivity index is 1.67. The number of likely N-dealkylation sites (tertiary alicyclic amines) is 1. The van der Waals surface area contributed by atoms with E-state index in [4.69, 9.17) is 0 Å². The van der Waals surface area contributed by atoms with Gasteiger partial charge in [0.1, 0.15) is 6.54 Å². The van der Waals surface area contributed by atoms with Crippen molar-refractivity contribution in [2.24, 2.45) is 11.8 Å². The quantitative estimate of drug-likeness (QED) is 0.846. The molecular formula is C16H20N4O3. The summed E-state index contributed by atoms with van der Waals surface area (Å²) < 4.78 is 0. The molecule has 1 aliphatic heterocycles. The van der Waals surface area contributed by atoms with Gasteiger partial charge in [-0.25, -0.2) is 9.97 Å². The van der Waals surface area contributed by atoms with Crippen LogP contribution in [0.2, 0.25) is 0 Å². The number of carbonyl (C=O) groups excluding carboxylic acids is 3. The Labute approximate surface area is 134 Å². The van der Waals surface area contributed by atoms with Crippen LogP contribution in [0.5, 0.6) is 0 Å². The van der Waals surface area contributed by atoms with Gasteiger partial charge in [0.05, 0.1) is 11.8 Å². The van der Waals surface area contributed by atoms with Crippen molar-refractivity contribution in [3.05, 3.63) is 17.5 Å². The molecule has 2 fully saturated rings. The molecule has 122 valence electrons. The molecule has 7 nitrogen and oxygen atoms in total. The number of aryl methyl sites for hydroxylation is 2. The van der Waals surface area contributed by atoms with Crippen molar-refractivity contribution in [2.75, 3.05) is 11.9 Å². The van der Waals surface area contributed by atoms with Gasteiger partial charge in [-0.05, 0) is 32.8 Å². The lowest BCUT2D eigenvalue weighted by molar-refractivity contribution is -0.142. The Bertz CT molecular complexity index is 629. The maximum Gasteiger partial charge on any atom is 0.246 e. The first-order chi connectivity index (χ1) is 11.0. The molecule has 3 amide bonds. The van der Waals surface area contributed by atoms with Crippen LogP contribution in [0.1, 0.15) is 37.1 Å². The largest absolute Gasteiger partial charge is 0.293 e. The van der Waals surface area contributed by atoms with Gasteiger partial charge >= 0.3 is 0 Å². The van der Waals surface area contributed by atoms with Crippen molar-refractivity contribution in [3.8, 4) is 0 Å². The third-order valence-electron chi connectivity index (χ3n) is 4.47. The first-order valence-corrected chi connectivity index (χ1v) is 7.93. The minimum Gasteiger partial charge on any atom is -0.293 e. The average Bonchev–Trinajstić information content (AvgIpc) is 2.72. The highest BCUT2D eigenvalue weighted by atomic mass is 16.2. The van der Waals surface area contributed by atoms with E-state index in [9.17, 15) is 14.4 Å². The van der Waals surface area contributed by atoms with Crippen molar-refractivity contribution < 1.29 is 14.4 Å². The molecule has 23 heavy (non-hydrogen) atoms. The third kappa shape index (κ3) is 3.09. The van der Waals surface area contributed by atoms with E-state index >= 15 is 0 Å². The molecule has 0 bridgehead atoms.